The molecule has 6 nitrogen and oxygen atoms in total. The molecule has 0 aliphatic heterocycles. The summed E-state index contributed by atoms with van der Waals surface area (Å²) in [5.41, 5.74) is 0.647. The van der Waals surface area contributed by atoms with Gasteiger partial charge in [-0.1, -0.05) is 13.8 Å². The number of methoxy groups -OCH3 is 2. The Morgan fingerprint density at radius 3 is 1.96 bits per heavy atom. The summed E-state index contributed by atoms with van der Waals surface area (Å²) in [6, 6.07) is 7.12. The van der Waals surface area contributed by atoms with Gasteiger partial charge in [-0.05, 0) is 37.1 Å². The maximum atomic E-state index is 11.6. The highest BCUT2D eigenvalue weighted by Crippen LogP contribution is 2.37. The van der Waals surface area contributed by atoms with Crippen LogP contribution in [0.1, 0.15) is 26.3 Å². The van der Waals surface area contributed by atoms with E-state index < -0.39 is 22.0 Å². The molecule has 1 aromatic carbocycles. The van der Waals surface area contributed by atoms with Gasteiger partial charge in [0.05, 0.1) is 12.9 Å². The molecule has 0 spiro atoms. The van der Waals surface area contributed by atoms with E-state index in [9.17, 15) is 8.42 Å². The first-order valence-corrected chi connectivity index (χ1v) is 9.23. The van der Waals surface area contributed by atoms with Crippen molar-refractivity contribution >= 4 is 10.1 Å². The fraction of sp³-hybridized carbons (Fsp3) is 0.625. The molecular formula is C16H26O6S. The smallest absolute Gasteiger partial charge is 0.264 e. The lowest BCUT2D eigenvalue weighted by Gasteiger charge is -2.39. The van der Waals surface area contributed by atoms with Crippen LogP contribution in [-0.2, 0) is 29.6 Å². The van der Waals surface area contributed by atoms with Crippen LogP contribution in [0.15, 0.2) is 24.3 Å². The van der Waals surface area contributed by atoms with Crippen molar-refractivity contribution in [1.82, 2.24) is 0 Å². The van der Waals surface area contributed by atoms with E-state index in [0.29, 0.717) is 17.9 Å². The Kier molecular flexibility index (Phi) is 7.01. The van der Waals surface area contributed by atoms with Crippen LogP contribution in [0, 0.1) is 5.92 Å². The fourth-order valence-electron chi connectivity index (χ4n) is 2.47. The molecule has 0 aliphatic rings. The van der Waals surface area contributed by atoms with Gasteiger partial charge in [0.25, 0.3) is 10.1 Å². The molecule has 0 aromatic heterocycles. The average Bonchev–Trinajstić information content (AvgIpc) is 2.48. The van der Waals surface area contributed by atoms with Gasteiger partial charge in [-0.2, -0.15) is 8.42 Å². The minimum absolute atomic E-state index is 0.170. The van der Waals surface area contributed by atoms with Gasteiger partial charge in [-0.15, -0.1) is 0 Å². The third kappa shape index (κ3) is 4.91. The van der Waals surface area contributed by atoms with Crippen LogP contribution in [0.5, 0.6) is 5.75 Å². The van der Waals surface area contributed by atoms with Gasteiger partial charge in [0.1, 0.15) is 11.9 Å². The van der Waals surface area contributed by atoms with E-state index in [1.54, 1.807) is 24.3 Å². The molecule has 1 atom stereocenters. The predicted octanol–water partition coefficient (Wildman–Crippen LogP) is 2.53. The van der Waals surface area contributed by atoms with Crippen LogP contribution < -0.4 is 4.74 Å². The molecule has 132 valence electrons. The second-order valence-corrected chi connectivity index (χ2v) is 7.10. The van der Waals surface area contributed by atoms with E-state index in [1.165, 1.54) is 14.2 Å². The summed E-state index contributed by atoms with van der Waals surface area (Å²) in [7, 11) is -0.763. The third-order valence-corrected chi connectivity index (χ3v) is 3.99. The van der Waals surface area contributed by atoms with Crippen LogP contribution in [0.2, 0.25) is 0 Å². The van der Waals surface area contributed by atoms with Gasteiger partial charge >= 0.3 is 0 Å². The summed E-state index contributed by atoms with van der Waals surface area (Å²) < 4.78 is 45.2. The first kappa shape index (κ1) is 19.9. The molecule has 1 aromatic rings. The molecule has 0 amide bonds. The van der Waals surface area contributed by atoms with E-state index in [0.717, 1.165) is 6.26 Å². The molecule has 1 unspecified atom stereocenters. The Morgan fingerprint density at radius 2 is 1.61 bits per heavy atom. The number of ether oxygens (including phenoxy) is 3. The van der Waals surface area contributed by atoms with Crippen LogP contribution >= 0.6 is 0 Å². The van der Waals surface area contributed by atoms with Gasteiger partial charge < -0.3 is 14.2 Å². The first-order valence-electron chi connectivity index (χ1n) is 7.42. The molecular weight excluding hydrogens is 320 g/mol. The number of hydrogen-bond acceptors (Lipinski definition) is 6. The van der Waals surface area contributed by atoms with Crippen molar-refractivity contribution < 1.29 is 26.8 Å². The second-order valence-electron chi connectivity index (χ2n) is 5.50. The molecule has 1 rings (SSSR count). The Bertz CT molecular complexity index is 575. The van der Waals surface area contributed by atoms with E-state index in [4.69, 9.17) is 18.4 Å². The van der Waals surface area contributed by atoms with Gasteiger partial charge in [-0.25, -0.2) is 0 Å². The molecule has 7 heteroatoms. The zero-order chi connectivity index (χ0) is 17.7. The van der Waals surface area contributed by atoms with Crippen molar-refractivity contribution in [2.24, 2.45) is 5.92 Å². The Labute approximate surface area is 138 Å². The highest BCUT2D eigenvalue weighted by Gasteiger charge is 2.46. The van der Waals surface area contributed by atoms with E-state index in [-0.39, 0.29) is 5.92 Å². The van der Waals surface area contributed by atoms with Gasteiger partial charge in [-0.3, -0.25) is 4.18 Å². The quantitative estimate of drug-likeness (QED) is 0.505. The molecule has 0 saturated carbocycles. The summed E-state index contributed by atoms with van der Waals surface area (Å²) in [5, 5.41) is 0. The molecule has 0 heterocycles. The highest BCUT2D eigenvalue weighted by molar-refractivity contribution is 7.86. The van der Waals surface area contributed by atoms with Crippen LogP contribution in [0.3, 0.4) is 0 Å². The average molecular weight is 346 g/mol. The first-order chi connectivity index (χ1) is 10.7. The maximum absolute atomic E-state index is 11.6. The van der Waals surface area contributed by atoms with Crippen molar-refractivity contribution in [2.45, 2.75) is 32.7 Å². The summed E-state index contributed by atoms with van der Waals surface area (Å²) in [6.07, 6.45) is 0.168. The summed E-state index contributed by atoms with van der Waals surface area (Å²) in [6.45, 7) is 6.15. The minimum Gasteiger partial charge on any atom is -0.494 e. The normalized spacial score (nSPS) is 14.0. The fourth-order valence-corrected chi connectivity index (χ4v) is 3.19. The minimum atomic E-state index is -3.68. The molecule has 0 saturated heterocycles. The van der Waals surface area contributed by atoms with Crippen molar-refractivity contribution in [3.63, 3.8) is 0 Å². The summed E-state index contributed by atoms with van der Waals surface area (Å²) >= 11 is 0. The zero-order valence-electron chi connectivity index (χ0n) is 14.5. The molecule has 0 radical (unpaired) electrons. The van der Waals surface area contributed by atoms with Crippen molar-refractivity contribution in [3.05, 3.63) is 29.8 Å². The largest absolute Gasteiger partial charge is 0.494 e. The standard InChI is InChI=1S/C16H26O6S/c1-7-21-14-10-8-13(9-11-14)16(19-4,20-5)15(12(2)3)22-23(6,17)18/h8-12,15H,7H2,1-6H3. The van der Waals surface area contributed by atoms with Crippen LogP contribution in [-0.4, -0.2) is 41.6 Å². The van der Waals surface area contributed by atoms with Crippen molar-refractivity contribution in [3.8, 4) is 5.75 Å². The third-order valence-electron chi connectivity index (χ3n) is 3.43. The van der Waals surface area contributed by atoms with Crippen molar-refractivity contribution in [1.29, 1.82) is 0 Å². The van der Waals surface area contributed by atoms with Crippen LogP contribution in [0.25, 0.3) is 0 Å². The van der Waals surface area contributed by atoms with E-state index >= 15 is 0 Å². The lowest BCUT2D eigenvalue weighted by atomic mass is 9.92. The van der Waals surface area contributed by atoms with Crippen molar-refractivity contribution in [2.75, 3.05) is 27.1 Å². The lowest BCUT2D eigenvalue weighted by Crippen LogP contribution is -2.48. The highest BCUT2D eigenvalue weighted by atomic mass is 32.2. The van der Waals surface area contributed by atoms with Gasteiger partial charge in [0.2, 0.25) is 5.79 Å². The second kappa shape index (κ2) is 8.10. The predicted molar refractivity (Wildman–Crippen MR) is 87.9 cm³/mol. The SMILES string of the molecule is CCOc1ccc(C(OC)(OC)C(OS(C)(=O)=O)C(C)C)cc1. The summed E-state index contributed by atoms with van der Waals surface area (Å²) in [4.78, 5) is 0. The molecule has 0 aliphatic carbocycles. The zero-order valence-corrected chi connectivity index (χ0v) is 15.3. The molecule has 0 fully saturated rings. The lowest BCUT2D eigenvalue weighted by molar-refractivity contribution is -0.270. The molecule has 23 heavy (non-hydrogen) atoms. The van der Waals surface area contributed by atoms with Gasteiger partial charge in [0.15, 0.2) is 0 Å². The Hall–Kier alpha value is -1.15. The monoisotopic (exact) mass is 346 g/mol. The number of hydrogen-bond donors (Lipinski definition) is 0. The topological polar surface area (TPSA) is 71.1 Å². The Morgan fingerprint density at radius 1 is 1.09 bits per heavy atom. The molecule has 0 bridgehead atoms. The van der Waals surface area contributed by atoms with Gasteiger partial charge in [0, 0.05) is 19.8 Å². The molecule has 0 N–H and O–H groups in total. The van der Waals surface area contributed by atoms with E-state index in [1.807, 2.05) is 20.8 Å². The number of benzene rings is 1. The number of rotatable bonds is 9. The Balaban J connectivity index is 3.32. The maximum Gasteiger partial charge on any atom is 0.264 e. The van der Waals surface area contributed by atoms with Crippen LogP contribution in [0.4, 0.5) is 0 Å². The van der Waals surface area contributed by atoms with E-state index in [2.05, 4.69) is 0 Å². The summed E-state index contributed by atoms with van der Waals surface area (Å²) in [5.74, 6) is -0.805.